The minimum atomic E-state index is -0.487. The Kier molecular flexibility index (Phi) is 5.19. The highest BCUT2D eigenvalue weighted by Crippen LogP contribution is 2.15. The predicted octanol–water partition coefficient (Wildman–Crippen LogP) is 1.55. The molecule has 0 spiro atoms. The van der Waals surface area contributed by atoms with Gasteiger partial charge in [0.1, 0.15) is 19.1 Å². The number of ether oxygens (including phenoxy) is 2. The summed E-state index contributed by atoms with van der Waals surface area (Å²) in [6.07, 6.45) is 0. The lowest BCUT2D eigenvalue weighted by atomic mass is 10.3. The van der Waals surface area contributed by atoms with Crippen molar-refractivity contribution < 1.29 is 9.47 Å². The van der Waals surface area contributed by atoms with Gasteiger partial charge < -0.3 is 9.47 Å². The van der Waals surface area contributed by atoms with Gasteiger partial charge in [-0.15, -0.1) is 0 Å². The topological polar surface area (TPSA) is 73.3 Å². The second kappa shape index (κ2) is 7.10. The zero-order valence-corrected chi connectivity index (χ0v) is 12.2. The molecule has 2 aromatic rings. The van der Waals surface area contributed by atoms with E-state index >= 15 is 0 Å². The molecule has 1 N–H and O–H groups in total. The van der Waals surface area contributed by atoms with E-state index in [0.29, 0.717) is 29.7 Å². The van der Waals surface area contributed by atoms with Gasteiger partial charge in [0.15, 0.2) is 0 Å². The molecule has 6 nitrogen and oxygen atoms in total. The largest absolute Gasteiger partial charge is 0.491 e. The summed E-state index contributed by atoms with van der Waals surface area (Å²) in [6, 6.07) is 8.34. The number of benzene rings is 1. The van der Waals surface area contributed by atoms with Crippen molar-refractivity contribution in [1.29, 1.82) is 0 Å². The van der Waals surface area contributed by atoms with Crippen LogP contribution in [0.25, 0.3) is 0 Å². The Bertz CT molecular complexity index is 706. The summed E-state index contributed by atoms with van der Waals surface area (Å²) in [5.74, 6) is 0.695. The van der Waals surface area contributed by atoms with Gasteiger partial charge in [-0.1, -0.05) is 11.6 Å². The smallest absolute Gasteiger partial charge is 0.330 e. The summed E-state index contributed by atoms with van der Waals surface area (Å²) in [4.78, 5) is 24.8. The van der Waals surface area contributed by atoms with E-state index < -0.39 is 11.2 Å². The molecule has 0 radical (unpaired) electrons. The van der Waals surface area contributed by atoms with Crippen LogP contribution >= 0.6 is 11.6 Å². The zero-order valence-electron chi connectivity index (χ0n) is 11.5. The highest BCUT2D eigenvalue weighted by Gasteiger charge is 2.02. The third-order valence-corrected chi connectivity index (χ3v) is 3.02. The molecule has 112 valence electrons. The van der Waals surface area contributed by atoms with E-state index in [9.17, 15) is 9.59 Å². The SMILES string of the molecule is Cc1cc(=O)[nH]c(=O)n1COCCOc1ccc(Cl)cc1. The molecule has 0 saturated carbocycles. The number of aryl methyl sites for hydroxylation is 1. The standard InChI is InChI=1S/C14H15ClN2O4/c1-10-8-13(18)16-14(19)17(10)9-20-6-7-21-12-4-2-11(15)3-5-12/h2-5,8H,6-7,9H2,1H3,(H,16,18,19). The lowest BCUT2D eigenvalue weighted by Gasteiger charge is -2.10. The Balaban J connectivity index is 1.79. The monoisotopic (exact) mass is 310 g/mol. The lowest BCUT2D eigenvalue weighted by molar-refractivity contribution is 0.0501. The molecular formula is C14H15ClN2O4. The normalized spacial score (nSPS) is 10.6. The maximum absolute atomic E-state index is 11.6. The van der Waals surface area contributed by atoms with Crippen LogP contribution in [0.4, 0.5) is 0 Å². The van der Waals surface area contributed by atoms with Crippen LogP contribution in [-0.2, 0) is 11.5 Å². The fourth-order valence-electron chi connectivity index (χ4n) is 1.70. The van der Waals surface area contributed by atoms with Gasteiger partial charge in [-0.2, -0.15) is 0 Å². The van der Waals surface area contributed by atoms with Crippen LogP contribution in [0.2, 0.25) is 5.02 Å². The molecule has 0 aliphatic carbocycles. The number of H-pyrrole nitrogens is 1. The molecule has 0 atom stereocenters. The lowest BCUT2D eigenvalue weighted by Crippen LogP contribution is -2.32. The van der Waals surface area contributed by atoms with Gasteiger partial charge >= 0.3 is 5.69 Å². The first-order chi connectivity index (χ1) is 10.1. The molecular weight excluding hydrogens is 296 g/mol. The minimum absolute atomic E-state index is 0.0609. The summed E-state index contributed by atoms with van der Waals surface area (Å²) in [5, 5.41) is 0.645. The number of hydrogen-bond donors (Lipinski definition) is 1. The van der Waals surface area contributed by atoms with Crippen molar-refractivity contribution in [3.05, 3.63) is 61.9 Å². The molecule has 0 aliphatic rings. The van der Waals surface area contributed by atoms with E-state index in [-0.39, 0.29) is 6.73 Å². The van der Waals surface area contributed by atoms with Gasteiger partial charge in [0.2, 0.25) is 0 Å². The highest BCUT2D eigenvalue weighted by atomic mass is 35.5. The van der Waals surface area contributed by atoms with E-state index in [1.807, 2.05) is 0 Å². The molecule has 1 heterocycles. The fourth-order valence-corrected chi connectivity index (χ4v) is 1.83. The third-order valence-electron chi connectivity index (χ3n) is 2.77. The fraction of sp³-hybridized carbons (Fsp3) is 0.286. The van der Waals surface area contributed by atoms with Crippen molar-refractivity contribution in [3.63, 3.8) is 0 Å². The van der Waals surface area contributed by atoms with Gasteiger partial charge in [0.25, 0.3) is 5.56 Å². The average Bonchev–Trinajstić information content (AvgIpc) is 2.43. The number of aromatic nitrogens is 2. The Morgan fingerprint density at radius 1 is 1.19 bits per heavy atom. The van der Waals surface area contributed by atoms with E-state index in [4.69, 9.17) is 21.1 Å². The number of halogens is 1. The number of hydrogen-bond acceptors (Lipinski definition) is 4. The second-order valence-corrected chi connectivity index (χ2v) is 4.78. The third kappa shape index (κ3) is 4.47. The van der Waals surface area contributed by atoms with Gasteiger partial charge in [0, 0.05) is 16.8 Å². The summed E-state index contributed by atoms with van der Waals surface area (Å²) in [7, 11) is 0. The molecule has 1 aromatic heterocycles. The first-order valence-corrected chi connectivity index (χ1v) is 6.71. The molecule has 1 aromatic carbocycles. The summed E-state index contributed by atoms with van der Waals surface area (Å²) in [5.41, 5.74) is -0.360. The molecule has 0 bridgehead atoms. The molecule has 0 unspecified atom stereocenters. The van der Waals surface area contributed by atoms with E-state index in [0.717, 1.165) is 0 Å². The number of rotatable bonds is 6. The Morgan fingerprint density at radius 3 is 2.57 bits per heavy atom. The van der Waals surface area contributed by atoms with E-state index in [2.05, 4.69) is 4.98 Å². The Hall–Kier alpha value is -2.05. The second-order valence-electron chi connectivity index (χ2n) is 4.35. The van der Waals surface area contributed by atoms with Crippen LogP contribution in [0.5, 0.6) is 5.75 Å². The Morgan fingerprint density at radius 2 is 1.90 bits per heavy atom. The quantitative estimate of drug-likeness (QED) is 0.822. The maximum Gasteiger partial charge on any atom is 0.330 e. The molecule has 7 heteroatoms. The van der Waals surface area contributed by atoms with Gasteiger partial charge in [0.05, 0.1) is 6.61 Å². The van der Waals surface area contributed by atoms with Crippen molar-refractivity contribution in [3.8, 4) is 5.75 Å². The maximum atomic E-state index is 11.6. The van der Waals surface area contributed by atoms with Crippen molar-refractivity contribution in [1.82, 2.24) is 9.55 Å². The molecule has 0 saturated heterocycles. The molecule has 0 fully saturated rings. The van der Waals surface area contributed by atoms with E-state index in [1.54, 1.807) is 31.2 Å². The van der Waals surface area contributed by atoms with Crippen LogP contribution in [-0.4, -0.2) is 22.8 Å². The number of aromatic amines is 1. The summed E-state index contributed by atoms with van der Waals surface area (Å²) < 4.78 is 12.1. The number of nitrogens with zero attached hydrogens (tertiary/aromatic N) is 1. The van der Waals surface area contributed by atoms with Crippen LogP contribution in [0.3, 0.4) is 0 Å². The van der Waals surface area contributed by atoms with Gasteiger partial charge in [-0.3, -0.25) is 14.3 Å². The van der Waals surface area contributed by atoms with Crippen molar-refractivity contribution in [2.75, 3.05) is 13.2 Å². The Labute approximate surface area is 125 Å². The predicted molar refractivity (Wildman–Crippen MR) is 79.0 cm³/mol. The molecule has 0 aliphatic heterocycles. The van der Waals surface area contributed by atoms with Gasteiger partial charge in [-0.25, -0.2) is 4.79 Å². The zero-order chi connectivity index (χ0) is 15.2. The minimum Gasteiger partial charge on any atom is -0.491 e. The average molecular weight is 311 g/mol. The summed E-state index contributed by atoms with van der Waals surface area (Å²) in [6.45, 7) is 2.39. The molecule has 0 amide bonds. The highest BCUT2D eigenvalue weighted by molar-refractivity contribution is 6.30. The van der Waals surface area contributed by atoms with E-state index in [1.165, 1.54) is 10.6 Å². The first kappa shape index (κ1) is 15.3. The summed E-state index contributed by atoms with van der Waals surface area (Å²) >= 11 is 5.77. The molecule has 21 heavy (non-hydrogen) atoms. The van der Waals surface area contributed by atoms with Crippen molar-refractivity contribution >= 4 is 11.6 Å². The number of nitrogens with one attached hydrogen (secondary N) is 1. The first-order valence-electron chi connectivity index (χ1n) is 6.33. The molecule has 2 rings (SSSR count). The van der Waals surface area contributed by atoms with Crippen molar-refractivity contribution in [2.45, 2.75) is 13.7 Å². The van der Waals surface area contributed by atoms with Crippen molar-refractivity contribution in [2.24, 2.45) is 0 Å². The van der Waals surface area contributed by atoms with Crippen LogP contribution < -0.4 is 16.0 Å². The van der Waals surface area contributed by atoms with Crippen LogP contribution in [0.15, 0.2) is 39.9 Å². The van der Waals surface area contributed by atoms with Crippen LogP contribution in [0, 0.1) is 6.92 Å². The van der Waals surface area contributed by atoms with Crippen LogP contribution in [0.1, 0.15) is 5.69 Å². The van der Waals surface area contributed by atoms with Gasteiger partial charge in [-0.05, 0) is 31.2 Å².